The molecule has 0 spiro atoms. The van der Waals surface area contributed by atoms with Crippen molar-refractivity contribution in [3.8, 4) is 0 Å². The molecule has 1 amide bonds. The third-order valence-corrected chi connectivity index (χ3v) is 2.32. The Labute approximate surface area is 107 Å². The molecule has 0 atom stereocenters. The second-order valence-corrected chi connectivity index (χ2v) is 3.65. The first kappa shape index (κ1) is 12.6. The van der Waals surface area contributed by atoms with Gasteiger partial charge in [-0.05, 0) is 22.0 Å². The summed E-state index contributed by atoms with van der Waals surface area (Å²) in [6.07, 6.45) is 2.62. The molecule has 19 heavy (non-hydrogen) atoms. The Kier molecular flexibility index (Phi) is 3.48. The fourth-order valence-corrected chi connectivity index (χ4v) is 1.48. The van der Waals surface area contributed by atoms with Crippen molar-refractivity contribution in [3.63, 3.8) is 0 Å². The Morgan fingerprint density at radius 1 is 1.53 bits per heavy atom. The third kappa shape index (κ3) is 2.90. The molecule has 0 aliphatic rings. The van der Waals surface area contributed by atoms with Crippen LogP contribution in [0, 0.1) is 10.1 Å². The van der Waals surface area contributed by atoms with Crippen LogP contribution in [0.3, 0.4) is 0 Å². The standard InChI is InChI=1S/C10H10N6O3/c11-14-10(17)8-3-1-2-7(13-8)4-15-5-9(12-6-15)16(18)19/h1-3,5-6H,4,11H2,(H,14,17). The van der Waals surface area contributed by atoms with Crippen LogP contribution in [-0.4, -0.2) is 25.4 Å². The fraction of sp³-hybridized carbons (Fsp3) is 0.100. The van der Waals surface area contributed by atoms with Gasteiger partial charge in [-0.1, -0.05) is 6.07 Å². The molecule has 98 valence electrons. The van der Waals surface area contributed by atoms with Crippen molar-refractivity contribution >= 4 is 11.7 Å². The topological polar surface area (TPSA) is 129 Å². The summed E-state index contributed by atoms with van der Waals surface area (Å²) in [5.41, 5.74) is 2.72. The number of amides is 1. The van der Waals surface area contributed by atoms with E-state index in [9.17, 15) is 14.9 Å². The first-order valence-electron chi connectivity index (χ1n) is 5.23. The molecule has 0 fully saturated rings. The van der Waals surface area contributed by atoms with Gasteiger partial charge in [-0.3, -0.25) is 10.2 Å². The first-order valence-corrected chi connectivity index (χ1v) is 5.23. The largest absolute Gasteiger partial charge is 0.381 e. The maximum atomic E-state index is 11.3. The normalized spacial score (nSPS) is 10.2. The predicted octanol–water partition coefficient (Wildman–Crippen LogP) is -0.162. The zero-order valence-electron chi connectivity index (χ0n) is 9.68. The molecular formula is C10H10N6O3. The van der Waals surface area contributed by atoms with Crippen LogP contribution in [0.2, 0.25) is 0 Å². The molecule has 2 aromatic rings. The number of nitrogen functional groups attached to an aromatic ring is 1. The molecule has 0 radical (unpaired) electrons. The Balaban J connectivity index is 2.18. The molecule has 0 bridgehead atoms. The average molecular weight is 262 g/mol. The smallest absolute Gasteiger partial charge is 0.358 e. The van der Waals surface area contributed by atoms with E-state index in [2.05, 4.69) is 9.97 Å². The van der Waals surface area contributed by atoms with Gasteiger partial charge in [0.1, 0.15) is 11.9 Å². The third-order valence-electron chi connectivity index (χ3n) is 2.32. The highest BCUT2D eigenvalue weighted by atomic mass is 16.6. The second kappa shape index (κ2) is 5.23. The van der Waals surface area contributed by atoms with E-state index in [1.54, 1.807) is 12.1 Å². The van der Waals surface area contributed by atoms with Gasteiger partial charge in [0.15, 0.2) is 0 Å². The van der Waals surface area contributed by atoms with Gasteiger partial charge in [-0.2, -0.15) is 0 Å². The van der Waals surface area contributed by atoms with Gasteiger partial charge in [-0.25, -0.2) is 10.8 Å². The fourth-order valence-electron chi connectivity index (χ4n) is 1.48. The molecule has 0 aliphatic carbocycles. The Hall–Kier alpha value is -2.81. The van der Waals surface area contributed by atoms with Crippen LogP contribution in [0.5, 0.6) is 0 Å². The molecule has 0 saturated carbocycles. The molecule has 2 heterocycles. The highest BCUT2D eigenvalue weighted by Gasteiger charge is 2.11. The number of hydrogen-bond acceptors (Lipinski definition) is 6. The minimum absolute atomic E-state index is 0.176. The number of nitrogens with one attached hydrogen (secondary N) is 1. The Morgan fingerprint density at radius 2 is 2.32 bits per heavy atom. The molecular weight excluding hydrogens is 252 g/mol. The number of nitrogens with two attached hydrogens (primary N) is 1. The molecule has 0 saturated heterocycles. The molecule has 0 aliphatic heterocycles. The predicted molar refractivity (Wildman–Crippen MR) is 63.9 cm³/mol. The number of nitro groups is 1. The molecule has 0 unspecified atom stereocenters. The molecule has 0 aromatic carbocycles. The number of imidazole rings is 1. The van der Waals surface area contributed by atoms with Gasteiger partial charge < -0.3 is 14.7 Å². The molecule has 9 heteroatoms. The highest BCUT2D eigenvalue weighted by molar-refractivity contribution is 5.91. The average Bonchev–Trinajstić information content (AvgIpc) is 2.87. The second-order valence-electron chi connectivity index (χ2n) is 3.65. The molecule has 9 nitrogen and oxygen atoms in total. The van der Waals surface area contributed by atoms with Gasteiger partial charge in [-0.15, -0.1) is 0 Å². The molecule has 2 rings (SSSR count). The van der Waals surface area contributed by atoms with Crippen molar-refractivity contribution < 1.29 is 9.72 Å². The van der Waals surface area contributed by atoms with E-state index in [1.807, 2.05) is 5.43 Å². The lowest BCUT2D eigenvalue weighted by Gasteiger charge is -2.03. The SMILES string of the molecule is NNC(=O)c1cccc(Cn2cnc([N+](=O)[O-])c2)n1. The van der Waals surface area contributed by atoms with Crippen molar-refractivity contribution in [2.45, 2.75) is 6.54 Å². The number of aromatic nitrogens is 3. The van der Waals surface area contributed by atoms with Crippen LogP contribution < -0.4 is 11.3 Å². The summed E-state index contributed by atoms with van der Waals surface area (Å²) in [4.78, 5) is 28.9. The lowest BCUT2D eigenvalue weighted by molar-refractivity contribution is -0.389. The number of rotatable bonds is 4. The van der Waals surface area contributed by atoms with Crippen LogP contribution in [-0.2, 0) is 6.54 Å². The van der Waals surface area contributed by atoms with Crippen LogP contribution in [0.1, 0.15) is 16.2 Å². The minimum Gasteiger partial charge on any atom is -0.358 e. The Bertz CT molecular complexity index is 623. The minimum atomic E-state index is -0.581. The van der Waals surface area contributed by atoms with E-state index in [0.717, 1.165) is 0 Å². The summed E-state index contributed by atoms with van der Waals surface area (Å²) in [6.45, 7) is 0.270. The number of carbonyl (C=O) groups excluding carboxylic acids is 1. The van der Waals surface area contributed by atoms with Crippen molar-refractivity contribution in [3.05, 3.63) is 52.2 Å². The first-order chi connectivity index (χ1) is 9.10. The van der Waals surface area contributed by atoms with Gasteiger partial charge in [0, 0.05) is 0 Å². The maximum absolute atomic E-state index is 11.3. The van der Waals surface area contributed by atoms with Crippen LogP contribution in [0.4, 0.5) is 5.82 Å². The number of carbonyl (C=O) groups is 1. The lowest BCUT2D eigenvalue weighted by atomic mass is 10.3. The van der Waals surface area contributed by atoms with E-state index in [1.165, 1.54) is 23.2 Å². The van der Waals surface area contributed by atoms with Gasteiger partial charge in [0.25, 0.3) is 5.91 Å². The summed E-state index contributed by atoms with van der Waals surface area (Å²) in [7, 11) is 0. The van der Waals surface area contributed by atoms with E-state index in [0.29, 0.717) is 5.69 Å². The van der Waals surface area contributed by atoms with E-state index >= 15 is 0 Å². The van der Waals surface area contributed by atoms with Crippen LogP contribution in [0.15, 0.2) is 30.7 Å². The van der Waals surface area contributed by atoms with Gasteiger partial charge in [0.2, 0.25) is 6.33 Å². The maximum Gasteiger partial charge on any atom is 0.381 e. The van der Waals surface area contributed by atoms with E-state index in [-0.39, 0.29) is 18.1 Å². The van der Waals surface area contributed by atoms with Crippen molar-refractivity contribution in [2.24, 2.45) is 5.84 Å². The lowest BCUT2D eigenvalue weighted by Crippen LogP contribution is -2.30. The van der Waals surface area contributed by atoms with Crippen LogP contribution >= 0.6 is 0 Å². The quantitative estimate of drug-likeness (QED) is 0.341. The van der Waals surface area contributed by atoms with Gasteiger partial charge in [0.05, 0.1) is 12.2 Å². The highest BCUT2D eigenvalue weighted by Crippen LogP contribution is 2.08. The summed E-state index contributed by atoms with van der Waals surface area (Å²) in [5, 5.41) is 10.5. The molecule has 2 aromatic heterocycles. The number of pyridine rings is 1. The summed E-state index contributed by atoms with van der Waals surface area (Å²) >= 11 is 0. The molecule has 3 N–H and O–H groups in total. The number of nitrogens with zero attached hydrogens (tertiary/aromatic N) is 4. The Morgan fingerprint density at radius 3 is 2.95 bits per heavy atom. The zero-order chi connectivity index (χ0) is 13.8. The zero-order valence-corrected chi connectivity index (χ0v) is 9.68. The monoisotopic (exact) mass is 262 g/mol. The van der Waals surface area contributed by atoms with E-state index in [4.69, 9.17) is 5.84 Å². The van der Waals surface area contributed by atoms with Crippen molar-refractivity contribution in [1.82, 2.24) is 20.0 Å². The van der Waals surface area contributed by atoms with Crippen molar-refractivity contribution in [2.75, 3.05) is 0 Å². The summed E-state index contributed by atoms with van der Waals surface area (Å²) < 4.78 is 1.50. The van der Waals surface area contributed by atoms with Crippen LogP contribution in [0.25, 0.3) is 0 Å². The van der Waals surface area contributed by atoms with E-state index < -0.39 is 10.8 Å². The summed E-state index contributed by atoms with van der Waals surface area (Å²) in [5.74, 6) is 4.27. The van der Waals surface area contributed by atoms with Crippen molar-refractivity contribution in [1.29, 1.82) is 0 Å². The number of hydrogen-bond donors (Lipinski definition) is 2. The van der Waals surface area contributed by atoms with Gasteiger partial charge >= 0.3 is 5.82 Å². The summed E-state index contributed by atoms with van der Waals surface area (Å²) in [6, 6.07) is 4.86. The number of hydrazine groups is 1.